The number of halogens is 1. The van der Waals surface area contributed by atoms with Gasteiger partial charge in [-0.05, 0) is 44.4 Å². The summed E-state index contributed by atoms with van der Waals surface area (Å²) < 4.78 is 13.3. The first kappa shape index (κ1) is 24.1. The number of anilines is 1. The third kappa shape index (κ3) is 7.52. The lowest BCUT2D eigenvalue weighted by Crippen LogP contribution is -2.59. The lowest BCUT2D eigenvalue weighted by molar-refractivity contribution is -0.148. The highest BCUT2D eigenvalue weighted by Crippen LogP contribution is 2.20. The van der Waals surface area contributed by atoms with Crippen LogP contribution in [0.4, 0.5) is 14.9 Å². The van der Waals surface area contributed by atoms with Crippen molar-refractivity contribution in [3.8, 4) is 0 Å². The van der Waals surface area contributed by atoms with Crippen LogP contribution in [-0.4, -0.2) is 65.0 Å². The fourth-order valence-electron chi connectivity index (χ4n) is 3.36. The van der Waals surface area contributed by atoms with Crippen molar-refractivity contribution in [2.75, 3.05) is 18.4 Å². The van der Waals surface area contributed by atoms with Crippen molar-refractivity contribution in [1.29, 1.82) is 0 Å². The van der Waals surface area contributed by atoms with E-state index >= 15 is 0 Å². The van der Waals surface area contributed by atoms with Crippen molar-refractivity contribution in [2.45, 2.75) is 50.8 Å². The lowest BCUT2D eigenvalue weighted by atomic mass is 9.95. The number of aliphatic hydroxyl groups is 1. The van der Waals surface area contributed by atoms with E-state index in [0.29, 0.717) is 12.8 Å². The number of nitrogens with one attached hydrogen (secondary N) is 3. The van der Waals surface area contributed by atoms with Crippen LogP contribution in [0.1, 0.15) is 32.6 Å². The molecule has 0 aliphatic carbocycles. The molecule has 1 heterocycles. The molecule has 3 unspecified atom stereocenters. The van der Waals surface area contributed by atoms with E-state index in [0.717, 1.165) is 0 Å². The average Bonchev–Trinajstić information content (AvgIpc) is 2.70. The third-order valence-electron chi connectivity index (χ3n) is 4.86. The van der Waals surface area contributed by atoms with Crippen LogP contribution >= 0.6 is 0 Å². The van der Waals surface area contributed by atoms with Gasteiger partial charge in [-0.2, -0.15) is 0 Å². The molecule has 31 heavy (non-hydrogen) atoms. The van der Waals surface area contributed by atoms with Crippen LogP contribution in [0.5, 0.6) is 0 Å². The minimum Gasteiger partial charge on any atom is -0.384 e. The van der Waals surface area contributed by atoms with Gasteiger partial charge in [-0.15, -0.1) is 0 Å². The molecule has 1 aromatic carbocycles. The van der Waals surface area contributed by atoms with Crippen molar-refractivity contribution in [2.24, 2.45) is 5.73 Å². The summed E-state index contributed by atoms with van der Waals surface area (Å²) >= 11 is 0. The second-order valence-corrected chi connectivity index (χ2v) is 7.41. The number of hydrogen-bond acceptors (Lipinski definition) is 5. The topological polar surface area (TPSA) is 154 Å². The summed E-state index contributed by atoms with van der Waals surface area (Å²) in [7, 11) is 0. The maximum absolute atomic E-state index is 13.3. The van der Waals surface area contributed by atoms with Gasteiger partial charge in [-0.25, -0.2) is 9.18 Å². The molecule has 5 amide bonds. The Balaban J connectivity index is 1.99. The van der Waals surface area contributed by atoms with Crippen LogP contribution in [0, 0.1) is 5.82 Å². The van der Waals surface area contributed by atoms with E-state index in [2.05, 4.69) is 16.0 Å². The number of amides is 5. The van der Waals surface area contributed by atoms with Gasteiger partial charge in [0.25, 0.3) is 5.91 Å². The summed E-state index contributed by atoms with van der Waals surface area (Å²) in [5.41, 5.74) is 5.36. The number of urea groups is 1. The van der Waals surface area contributed by atoms with E-state index in [4.69, 9.17) is 5.73 Å². The zero-order valence-electron chi connectivity index (χ0n) is 17.3. The van der Waals surface area contributed by atoms with Crippen LogP contribution in [-0.2, 0) is 14.4 Å². The molecular formula is C20H28FN5O5. The molecule has 0 radical (unpaired) electrons. The number of hydrogen-bond donors (Lipinski definition) is 5. The zero-order valence-corrected chi connectivity index (χ0v) is 17.3. The lowest BCUT2D eigenvalue weighted by Gasteiger charge is -2.39. The maximum atomic E-state index is 13.3. The molecule has 3 atom stereocenters. The molecule has 0 bridgehead atoms. The Morgan fingerprint density at radius 3 is 2.71 bits per heavy atom. The first-order chi connectivity index (χ1) is 14.7. The molecular weight excluding hydrogens is 409 g/mol. The second-order valence-electron chi connectivity index (χ2n) is 7.41. The first-order valence-corrected chi connectivity index (χ1v) is 10.0. The number of primary amides is 1. The molecule has 1 aromatic rings. The summed E-state index contributed by atoms with van der Waals surface area (Å²) in [5, 5.41) is 17.6. The molecule has 11 heteroatoms. The zero-order chi connectivity index (χ0) is 23.0. The minimum atomic E-state index is -1.27. The summed E-state index contributed by atoms with van der Waals surface area (Å²) in [6.45, 7) is 1.68. The number of carbonyl (C=O) groups excluding carboxylic acids is 4. The molecule has 0 spiro atoms. The minimum absolute atomic E-state index is 0.117. The number of aliphatic hydroxyl groups excluding tert-OH is 1. The van der Waals surface area contributed by atoms with Crippen LogP contribution in [0.15, 0.2) is 24.3 Å². The van der Waals surface area contributed by atoms with Crippen molar-refractivity contribution < 1.29 is 28.7 Å². The first-order valence-electron chi connectivity index (χ1n) is 10.0. The van der Waals surface area contributed by atoms with Crippen LogP contribution < -0.4 is 21.7 Å². The Hall–Kier alpha value is -3.21. The largest absolute Gasteiger partial charge is 0.384 e. The van der Waals surface area contributed by atoms with Gasteiger partial charge in [-0.1, -0.05) is 6.07 Å². The molecule has 10 nitrogen and oxygen atoms in total. The second kappa shape index (κ2) is 11.3. The number of nitrogens with two attached hydrogens (primary N) is 1. The van der Waals surface area contributed by atoms with Crippen molar-refractivity contribution in [3.63, 3.8) is 0 Å². The van der Waals surface area contributed by atoms with Gasteiger partial charge >= 0.3 is 6.03 Å². The van der Waals surface area contributed by atoms with Crippen molar-refractivity contribution in [3.05, 3.63) is 30.1 Å². The molecule has 0 aromatic heterocycles. The van der Waals surface area contributed by atoms with Gasteiger partial charge in [0.15, 0.2) is 0 Å². The van der Waals surface area contributed by atoms with Crippen LogP contribution in [0.2, 0.25) is 0 Å². The van der Waals surface area contributed by atoms with Gasteiger partial charge in [0.05, 0.1) is 0 Å². The fraction of sp³-hybridized carbons (Fsp3) is 0.500. The molecule has 0 saturated carbocycles. The number of carbonyl (C=O) groups is 4. The summed E-state index contributed by atoms with van der Waals surface area (Å²) in [6.07, 6.45) is -0.287. The summed E-state index contributed by atoms with van der Waals surface area (Å²) in [5.74, 6) is -2.00. The number of benzene rings is 1. The van der Waals surface area contributed by atoms with Gasteiger partial charge in [0.1, 0.15) is 18.0 Å². The highest BCUT2D eigenvalue weighted by Gasteiger charge is 2.37. The highest BCUT2D eigenvalue weighted by molar-refractivity contribution is 5.91. The van der Waals surface area contributed by atoms with Crippen molar-refractivity contribution >= 4 is 29.4 Å². The van der Waals surface area contributed by atoms with E-state index in [-0.39, 0.29) is 31.6 Å². The third-order valence-corrected chi connectivity index (χ3v) is 4.86. The fourth-order valence-corrected chi connectivity index (χ4v) is 3.36. The van der Waals surface area contributed by atoms with Crippen LogP contribution in [0.3, 0.4) is 0 Å². The smallest absolute Gasteiger partial charge is 0.319 e. The van der Waals surface area contributed by atoms with Gasteiger partial charge in [0.2, 0.25) is 11.8 Å². The van der Waals surface area contributed by atoms with E-state index < -0.39 is 47.8 Å². The molecule has 6 N–H and O–H groups in total. The van der Waals surface area contributed by atoms with E-state index in [1.54, 1.807) is 0 Å². The summed E-state index contributed by atoms with van der Waals surface area (Å²) in [6, 6.07) is 3.54. The number of likely N-dealkylation sites (tertiary alicyclic amines) is 1. The molecule has 1 aliphatic heterocycles. The van der Waals surface area contributed by atoms with Gasteiger partial charge in [-0.3, -0.25) is 14.4 Å². The van der Waals surface area contributed by atoms with Gasteiger partial charge < -0.3 is 31.7 Å². The molecule has 1 aliphatic rings. The Morgan fingerprint density at radius 2 is 2.06 bits per heavy atom. The molecule has 170 valence electrons. The predicted molar refractivity (Wildman–Crippen MR) is 110 cm³/mol. The SMILES string of the molecule is CC(O)C(=O)N1CCC(NC(=O)Nc2cccc(F)c2)CC1C(=O)NCCCC(N)=O. The Kier molecular flexibility index (Phi) is 8.74. The summed E-state index contributed by atoms with van der Waals surface area (Å²) in [4.78, 5) is 49.4. The quantitative estimate of drug-likeness (QED) is 0.364. The monoisotopic (exact) mass is 437 g/mol. The number of piperidine rings is 1. The molecule has 1 saturated heterocycles. The molecule has 2 rings (SSSR count). The normalized spacial score (nSPS) is 19.3. The standard InChI is InChI=1S/C20H28FN5O5/c1-12(27)19(30)26-9-7-15(11-16(26)18(29)23-8-3-6-17(22)28)25-20(31)24-14-5-2-4-13(21)10-14/h2,4-5,10,12,15-16,27H,3,6-9,11H2,1H3,(H2,22,28)(H,23,29)(H2,24,25,31). The van der Waals surface area contributed by atoms with Crippen LogP contribution in [0.25, 0.3) is 0 Å². The van der Waals surface area contributed by atoms with Crippen molar-refractivity contribution in [1.82, 2.24) is 15.5 Å². The van der Waals surface area contributed by atoms with E-state index in [1.807, 2.05) is 0 Å². The Morgan fingerprint density at radius 1 is 1.32 bits per heavy atom. The number of rotatable bonds is 8. The maximum Gasteiger partial charge on any atom is 0.319 e. The molecule has 1 fully saturated rings. The highest BCUT2D eigenvalue weighted by atomic mass is 19.1. The van der Waals surface area contributed by atoms with E-state index in [1.165, 1.54) is 36.1 Å². The Bertz CT molecular complexity index is 819. The van der Waals surface area contributed by atoms with Gasteiger partial charge in [0, 0.05) is 31.2 Å². The number of nitrogens with zero attached hydrogens (tertiary/aromatic N) is 1. The predicted octanol–water partition coefficient (Wildman–Crippen LogP) is 0.0693. The Labute approximate surface area is 179 Å². The average molecular weight is 437 g/mol. The van der Waals surface area contributed by atoms with E-state index in [9.17, 15) is 28.7 Å².